The van der Waals surface area contributed by atoms with Crippen molar-refractivity contribution in [3.8, 4) is 0 Å². The van der Waals surface area contributed by atoms with Crippen LogP contribution in [0.5, 0.6) is 0 Å². The van der Waals surface area contributed by atoms with E-state index in [0.29, 0.717) is 0 Å². The van der Waals surface area contributed by atoms with Crippen molar-refractivity contribution in [3.05, 3.63) is 15.9 Å². The molecule has 0 atom stereocenters. The van der Waals surface area contributed by atoms with Crippen LogP contribution in [-0.4, -0.2) is 0 Å². The van der Waals surface area contributed by atoms with Gasteiger partial charge in [-0.3, -0.25) is 0 Å². The summed E-state index contributed by atoms with van der Waals surface area (Å²) < 4.78 is 1.30. The molecule has 0 aromatic rings. The zero-order valence-electron chi connectivity index (χ0n) is 8.32. The Morgan fingerprint density at radius 2 is 2.00 bits per heavy atom. The second kappa shape index (κ2) is 6.67. The van der Waals surface area contributed by atoms with Crippen molar-refractivity contribution in [2.24, 2.45) is 5.92 Å². The molecular weight excluding hydrogens is 271 g/mol. The highest BCUT2D eigenvalue weighted by molar-refractivity contribution is 14.1. The summed E-state index contributed by atoms with van der Waals surface area (Å²) in [6.45, 7) is 3.66. The fourth-order valence-electron chi connectivity index (χ4n) is 2.11. The van der Waals surface area contributed by atoms with Crippen molar-refractivity contribution in [1.29, 1.82) is 0 Å². The molecule has 0 amide bonds. The van der Waals surface area contributed by atoms with Crippen LogP contribution in [0.15, 0.2) is 15.9 Å². The van der Waals surface area contributed by atoms with Gasteiger partial charge in [0.2, 0.25) is 0 Å². The molecule has 0 nitrogen and oxygen atoms in total. The zero-order chi connectivity index (χ0) is 9.52. The van der Waals surface area contributed by atoms with Crippen LogP contribution >= 0.6 is 22.6 Å². The molecule has 1 saturated carbocycles. The number of hydrogen-bond acceptors (Lipinski definition) is 0. The van der Waals surface area contributed by atoms with Gasteiger partial charge in [0.1, 0.15) is 0 Å². The van der Waals surface area contributed by atoms with Gasteiger partial charge in [-0.05, 0) is 41.4 Å². The predicted molar refractivity (Wildman–Crippen MR) is 67.1 cm³/mol. The summed E-state index contributed by atoms with van der Waals surface area (Å²) in [6.07, 6.45) is 11.3. The minimum Gasteiger partial charge on any atom is -0.119 e. The molecule has 0 N–H and O–H groups in total. The van der Waals surface area contributed by atoms with E-state index in [-0.39, 0.29) is 0 Å². The molecule has 0 unspecified atom stereocenters. The first-order chi connectivity index (χ1) is 6.33. The zero-order valence-corrected chi connectivity index (χ0v) is 10.5. The summed E-state index contributed by atoms with van der Waals surface area (Å²) in [6, 6.07) is 0. The lowest BCUT2D eigenvalue weighted by atomic mass is 9.86. The molecule has 0 aromatic heterocycles. The quantitative estimate of drug-likeness (QED) is 0.513. The normalized spacial score (nSPS) is 18.2. The first kappa shape index (κ1) is 11.3. The molecule has 1 heteroatoms. The van der Waals surface area contributed by atoms with Crippen LogP contribution in [0.2, 0.25) is 0 Å². The lowest BCUT2D eigenvalue weighted by Gasteiger charge is -2.20. The highest BCUT2D eigenvalue weighted by Crippen LogP contribution is 2.28. The van der Waals surface area contributed by atoms with Crippen molar-refractivity contribution >= 4 is 22.6 Å². The molecule has 0 bridgehead atoms. The summed E-state index contributed by atoms with van der Waals surface area (Å²) >= 11 is 2.34. The smallest absolute Gasteiger partial charge is 0.0317 e. The first-order valence-corrected chi connectivity index (χ1v) is 6.45. The Kier molecular flexibility index (Phi) is 5.81. The Balaban J connectivity index is 2.07. The number of allylic oxidation sites excluding steroid dienone is 1. The van der Waals surface area contributed by atoms with Crippen LogP contribution in [0.1, 0.15) is 51.4 Å². The summed E-state index contributed by atoms with van der Waals surface area (Å²) in [5.41, 5.74) is 2.96. The van der Waals surface area contributed by atoms with Gasteiger partial charge in [0.05, 0.1) is 0 Å². The molecule has 1 rings (SSSR count). The number of hydrogen-bond donors (Lipinski definition) is 0. The fourth-order valence-corrected chi connectivity index (χ4v) is 2.49. The maximum atomic E-state index is 3.66. The number of rotatable bonds is 4. The SMILES string of the molecule is C=C=C(I)CCCC1CCCCC1. The molecule has 1 fully saturated rings. The third kappa shape index (κ3) is 4.87. The lowest BCUT2D eigenvalue weighted by Crippen LogP contribution is -2.05. The van der Waals surface area contributed by atoms with Crippen LogP contribution in [0.25, 0.3) is 0 Å². The highest BCUT2D eigenvalue weighted by atomic mass is 127. The second-order valence-electron chi connectivity index (χ2n) is 3.98. The third-order valence-corrected chi connectivity index (χ3v) is 3.85. The van der Waals surface area contributed by atoms with Gasteiger partial charge in [0, 0.05) is 3.58 Å². The monoisotopic (exact) mass is 290 g/mol. The minimum absolute atomic E-state index is 1.03. The topological polar surface area (TPSA) is 0 Å². The Labute approximate surface area is 95.6 Å². The van der Waals surface area contributed by atoms with Crippen molar-refractivity contribution in [1.82, 2.24) is 0 Å². The van der Waals surface area contributed by atoms with E-state index in [0.717, 1.165) is 5.92 Å². The van der Waals surface area contributed by atoms with Crippen LogP contribution < -0.4 is 0 Å². The van der Waals surface area contributed by atoms with Crippen LogP contribution in [0.4, 0.5) is 0 Å². The maximum Gasteiger partial charge on any atom is 0.0317 e. The van der Waals surface area contributed by atoms with E-state index in [1.807, 2.05) is 0 Å². The first-order valence-electron chi connectivity index (χ1n) is 5.37. The van der Waals surface area contributed by atoms with E-state index in [9.17, 15) is 0 Å². The molecule has 0 aromatic carbocycles. The van der Waals surface area contributed by atoms with Crippen molar-refractivity contribution in [2.45, 2.75) is 51.4 Å². The van der Waals surface area contributed by atoms with Crippen LogP contribution in [0.3, 0.4) is 0 Å². The van der Waals surface area contributed by atoms with E-state index in [1.165, 1.54) is 54.9 Å². The van der Waals surface area contributed by atoms with Gasteiger partial charge in [-0.1, -0.05) is 45.1 Å². The molecule has 0 radical (unpaired) electrons. The average Bonchev–Trinajstić information content (AvgIpc) is 2.19. The lowest BCUT2D eigenvalue weighted by molar-refractivity contribution is 0.333. The minimum atomic E-state index is 1.03. The maximum absolute atomic E-state index is 3.66. The van der Waals surface area contributed by atoms with Gasteiger partial charge < -0.3 is 0 Å². The van der Waals surface area contributed by atoms with Gasteiger partial charge in [-0.25, -0.2) is 0 Å². The molecule has 1 aliphatic carbocycles. The van der Waals surface area contributed by atoms with E-state index >= 15 is 0 Å². The third-order valence-electron chi connectivity index (χ3n) is 2.93. The molecule has 74 valence electrons. The van der Waals surface area contributed by atoms with Gasteiger partial charge in [-0.2, -0.15) is 0 Å². The van der Waals surface area contributed by atoms with Crippen molar-refractivity contribution < 1.29 is 0 Å². The van der Waals surface area contributed by atoms with E-state index in [4.69, 9.17) is 0 Å². The molecular formula is C12H19I. The van der Waals surface area contributed by atoms with Crippen LogP contribution in [-0.2, 0) is 0 Å². The van der Waals surface area contributed by atoms with Crippen LogP contribution in [0, 0.1) is 5.92 Å². The molecule has 0 heterocycles. The summed E-state index contributed by atoms with van der Waals surface area (Å²) in [4.78, 5) is 0. The van der Waals surface area contributed by atoms with E-state index < -0.39 is 0 Å². The van der Waals surface area contributed by atoms with Gasteiger partial charge in [0.25, 0.3) is 0 Å². The summed E-state index contributed by atoms with van der Waals surface area (Å²) in [7, 11) is 0. The van der Waals surface area contributed by atoms with Crippen molar-refractivity contribution in [3.63, 3.8) is 0 Å². The Morgan fingerprint density at radius 3 is 2.62 bits per heavy atom. The molecule has 0 saturated heterocycles. The fraction of sp³-hybridized carbons (Fsp3) is 0.750. The van der Waals surface area contributed by atoms with Crippen molar-refractivity contribution in [2.75, 3.05) is 0 Å². The Hall–Kier alpha value is 0.250. The molecule has 0 spiro atoms. The molecule has 1 aliphatic rings. The molecule has 0 aliphatic heterocycles. The Bertz CT molecular complexity index is 183. The Morgan fingerprint density at radius 1 is 1.31 bits per heavy atom. The number of halogens is 1. The summed E-state index contributed by atoms with van der Waals surface area (Å²) in [5, 5.41) is 0. The van der Waals surface area contributed by atoms with Gasteiger partial charge >= 0.3 is 0 Å². The van der Waals surface area contributed by atoms with E-state index in [1.54, 1.807) is 0 Å². The average molecular weight is 290 g/mol. The second-order valence-corrected chi connectivity index (χ2v) is 5.28. The van der Waals surface area contributed by atoms with E-state index in [2.05, 4.69) is 34.9 Å². The standard InChI is InChI=1S/C12H19I/c1-2-12(13)10-6-9-11-7-4-3-5-8-11/h11H,1,3-10H2. The predicted octanol–water partition coefficient (Wildman–Crippen LogP) is 4.84. The largest absolute Gasteiger partial charge is 0.119 e. The van der Waals surface area contributed by atoms with Gasteiger partial charge in [0.15, 0.2) is 0 Å². The van der Waals surface area contributed by atoms with Gasteiger partial charge in [-0.15, -0.1) is 5.73 Å². The summed E-state index contributed by atoms with van der Waals surface area (Å²) in [5.74, 6) is 1.03. The highest BCUT2D eigenvalue weighted by Gasteiger charge is 2.12. The molecule has 13 heavy (non-hydrogen) atoms.